The Morgan fingerprint density at radius 1 is 1.53 bits per heavy atom. The molecule has 0 unspecified atom stereocenters. The molecule has 0 bridgehead atoms. The lowest BCUT2D eigenvalue weighted by Crippen LogP contribution is -2.46. The standard InChI is InChI=1S/C10H13N3O5S/c1-18-8(14)4-6(9(15)16)13-10(17)12-5-7-11-2-3-19-7/h2-3,6H,4-5H2,1H3,(H,15,16)(H2,12,13,17)/t6-/m0/s1. The first-order valence-corrected chi connectivity index (χ1v) is 6.13. The maximum atomic E-state index is 11.5. The van der Waals surface area contributed by atoms with Crippen LogP contribution in [0.2, 0.25) is 0 Å². The monoisotopic (exact) mass is 287 g/mol. The third-order valence-electron chi connectivity index (χ3n) is 2.09. The lowest BCUT2D eigenvalue weighted by molar-refractivity contribution is -0.147. The quantitative estimate of drug-likeness (QED) is 0.632. The number of hydrogen-bond acceptors (Lipinski definition) is 6. The molecule has 0 saturated heterocycles. The molecule has 0 spiro atoms. The van der Waals surface area contributed by atoms with Crippen LogP contribution in [0, 0.1) is 0 Å². The molecule has 19 heavy (non-hydrogen) atoms. The molecule has 0 aliphatic carbocycles. The first kappa shape index (κ1) is 14.9. The van der Waals surface area contributed by atoms with Crippen LogP contribution in [0.4, 0.5) is 4.79 Å². The number of carbonyl (C=O) groups is 3. The third kappa shape index (κ3) is 5.34. The molecule has 3 N–H and O–H groups in total. The molecule has 2 amide bonds. The van der Waals surface area contributed by atoms with Crippen LogP contribution in [0.15, 0.2) is 11.6 Å². The molecule has 9 heteroatoms. The Kier molecular flexibility index (Phi) is 5.73. The molecule has 1 atom stereocenters. The van der Waals surface area contributed by atoms with E-state index in [1.165, 1.54) is 11.3 Å². The maximum absolute atomic E-state index is 11.5. The van der Waals surface area contributed by atoms with Crippen molar-refractivity contribution in [1.82, 2.24) is 15.6 Å². The van der Waals surface area contributed by atoms with Crippen molar-refractivity contribution in [2.24, 2.45) is 0 Å². The SMILES string of the molecule is COC(=O)C[C@H](NC(=O)NCc1nccs1)C(=O)O. The molecule has 0 aliphatic rings. The fourth-order valence-electron chi connectivity index (χ4n) is 1.16. The summed E-state index contributed by atoms with van der Waals surface area (Å²) in [5.74, 6) is -2.03. The molecule has 0 radical (unpaired) electrons. The lowest BCUT2D eigenvalue weighted by atomic mass is 10.2. The number of ether oxygens (including phenoxy) is 1. The van der Waals surface area contributed by atoms with Crippen LogP contribution >= 0.6 is 11.3 Å². The maximum Gasteiger partial charge on any atom is 0.326 e. The fraction of sp³-hybridized carbons (Fsp3) is 0.400. The van der Waals surface area contributed by atoms with E-state index in [-0.39, 0.29) is 6.54 Å². The number of carbonyl (C=O) groups excluding carboxylic acids is 2. The van der Waals surface area contributed by atoms with Crippen LogP contribution < -0.4 is 10.6 Å². The largest absolute Gasteiger partial charge is 0.480 e. The van der Waals surface area contributed by atoms with Crippen molar-refractivity contribution in [3.8, 4) is 0 Å². The Labute approximate surface area is 112 Å². The van der Waals surface area contributed by atoms with E-state index in [1.807, 2.05) is 0 Å². The van der Waals surface area contributed by atoms with E-state index < -0.39 is 30.4 Å². The average Bonchev–Trinajstić information content (AvgIpc) is 2.88. The van der Waals surface area contributed by atoms with Crippen molar-refractivity contribution >= 4 is 29.3 Å². The van der Waals surface area contributed by atoms with E-state index in [0.29, 0.717) is 5.01 Å². The summed E-state index contributed by atoms with van der Waals surface area (Å²) in [6.07, 6.45) is 1.16. The predicted molar refractivity (Wildman–Crippen MR) is 65.5 cm³/mol. The van der Waals surface area contributed by atoms with Crippen LogP contribution in [0.5, 0.6) is 0 Å². The van der Waals surface area contributed by atoms with Gasteiger partial charge in [-0.2, -0.15) is 0 Å². The number of urea groups is 1. The van der Waals surface area contributed by atoms with Crippen molar-refractivity contribution in [2.45, 2.75) is 19.0 Å². The number of carboxylic acid groups (broad SMARTS) is 1. The van der Waals surface area contributed by atoms with Crippen LogP contribution in [-0.2, 0) is 20.9 Å². The van der Waals surface area contributed by atoms with E-state index in [4.69, 9.17) is 5.11 Å². The second-order valence-electron chi connectivity index (χ2n) is 3.42. The molecule has 1 aromatic rings. The smallest absolute Gasteiger partial charge is 0.326 e. The van der Waals surface area contributed by atoms with Gasteiger partial charge in [-0.1, -0.05) is 0 Å². The minimum atomic E-state index is -1.33. The lowest BCUT2D eigenvalue weighted by Gasteiger charge is -2.13. The predicted octanol–water partition coefficient (Wildman–Crippen LogP) is -0.0414. The number of methoxy groups -OCH3 is 1. The number of hydrogen-bond donors (Lipinski definition) is 3. The second kappa shape index (κ2) is 7.31. The van der Waals surface area contributed by atoms with Gasteiger partial charge in [0.25, 0.3) is 0 Å². The highest BCUT2D eigenvalue weighted by molar-refractivity contribution is 7.09. The number of thiazole rings is 1. The van der Waals surface area contributed by atoms with Gasteiger partial charge in [-0.25, -0.2) is 14.6 Å². The van der Waals surface area contributed by atoms with Crippen molar-refractivity contribution in [1.29, 1.82) is 0 Å². The summed E-state index contributed by atoms with van der Waals surface area (Å²) < 4.78 is 4.35. The second-order valence-corrected chi connectivity index (χ2v) is 4.40. The first-order chi connectivity index (χ1) is 9.02. The van der Waals surface area contributed by atoms with Crippen LogP contribution in [0.3, 0.4) is 0 Å². The van der Waals surface area contributed by atoms with Crippen molar-refractivity contribution in [2.75, 3.05) is 7.11 Å². The molecule has 8 nitrogen and oxygen atoms in total. The van der Waals surface area contributed by atoms with Gasteiger partial charge in [0.2, 0.25) is 0 Å². The molecule has 1 aromatic heterocycles. The van der Waals surface area contributed by atoms with Crippen LogP contribution in [0.25, 0.3) is 0 Å². The van der Waals surface area contributed by atoms with Gasteiger partial charge < -0.3 is 20.5 Å². The third-order valence-corrected chi connectivity index (χ3v) is 2.87. The summed E-state index contributed by atoms with van der Waals surface area (Å²) in [6.45, 7) is 0.189. The van der Waals surface area contributed by atoms with Gasteiger partial charge in [-0.3, -0.25) is 4.79 Å². The number of nitrogens with zero attached hydrogens (tertiary/aromatic N) is 1. The van der Waals surface area contributed by atoms with Gasteiger partial charge in [0.05, 0.1) is 20.1 Å². The normalized spacial score (nSPS) is 11.4. The minimum Gasteiger partial charge on any atom is -0.480 e. The molecule has 104 valence electrons. The van der Waals surface area contributed by atoms with Gasteiger partial charge in [-0.05, 0) is 0 Å². The minimum absolute atomic E-state index is 0.189. The van der Waals surface area contributed by atoms with Gasteiger partial charge in [-0.15, -0.1) is 11.3 Å². The Morgan fingerprint density at radius 3 is 2.79 bits per heavy atom. The number of nitrogens with one attached hydrogen (secondary N) is 2. The van der Waals surface area contributed by atoms with Crippen LogP contribution in [0.1, 0.15) is 11.4 Å². The number of esters is 1. The van der Waals surface area contributed by atoms with Crippen molar-refractivity contribution < 1.29 is 24.2 Å². The molecule has 0 fully saturated rings. The van der Waals surface area contributed by atoms with Crippen molar-refractivity contribution in [3.05, 3.63) is 16.6 Å². The summed E-state index contributed by atoms with van der Waals surface area (Å²) in [7, 11) is 1.14. The fourth-order valence-corrected chi connectivity index (χ4v) is 1.71. The van der Waals surface area contributed by atoms with Gasteiger partial charge in [0, 0.05) is 11.6 Å². The highest BCUT2D eigenvalue weighted by Gasteiger charge is 2.23. The summed E-state index contributed by atoms with van der Waals surface area (Å²) in [5.41, 5.74) is 0. The molecule has 0 aliphatic heterocycles. The Hall–Kier alpha value is -2.16. The number of carboxylic acids is 1. The number of rotatable bonds is 6. The van der Waals surface area contributed by atoms with E-state index in [1.54, 1.807) is 11.6 Å². The summed E-state index contributed by atoms with van der Waals surface area (Å²) in [5, 5.41) is 15.9. The Balaban J connectivity index is 2.42. The highest BCUT2D eigenvalue weighted by Crippen LogP contribution is 2.02. The number of aliphatic carboxylic acids is 1. The molecule has 1 rings (SSSR count). The van der Waals surface area contributed by atoms with E-state index in [9.17, 15) is 14.4 Å². The van der Waals surface area contributed by atoms with Crippen LogP contribution in [-0.4, -0.2) is 41.2 Å². The molecule has 0 saturated carbocycles. The highest BCUT2D eigenvalue weighted by atomic mass is 32.1. The van der Waals surface area contributed by atoms with E-state index >= 15 is 0 Å². The molecular formula is C10H13N3O5S. The van der Waals surface area contributed by atoms with E-state index in [0.717, 1.165) is 7.11 Å². The summed E-state index contributed by atoms with van der Waals surface area (Å²) in [6, 6.07) is -2.02. The topological polar surface area (TPSA) is 118 Å². The zero-order valence-corrected chi connectivity index (χ0v) is 10.9. The summed E-state index contributed by atoms with van der Waals surface area (Å²) >= 11 is 1.36. The molecule has 0 aromatic carbocycles. The number of amides is 2. The van der Waals surface area contributed by atoms with Gasteiger partial charge in [0.15, 0.2) is 0 Å². The van der Waals surface area contributed by atoms with Crippen molar-refractivity contribution in [3.63, 3.8) is 0 Å². The zero-order valence-electron chi connectivity index (χ0n) is 10.1. The van der Waals surface area contributed by atoms with Gasteiger partial charge >= 0.3 is 18.0 Å². The van der Waals surface area contributed by atoms with E-state index in [2.05, 4.69) is 20.4 Å². The Bertz CT molecular complexity index is 448. The zero-order chi connectivity index (χ0) is 14.3. The first-order valence-electron chi connectivity index (χ1n) is 5.25. The number of aromatic nitrogens is 1. The molecular weight excluding hydrogens is 274 g/mol. The van der Waals surface area contributed by atoms with Gasteiger partial charge in [0.1, 0.15) is 11.0 Å². The average molecular weight is 287 g/mol. The molecule has 1 heterocycles. The summed E-state index contributed by atoms with van der Waals surface area (Å²) in [4.78, 5) is 37.3. The Morgan fingerprint density at radius 2 is 2.26 bits per heavy atom.